The molecule has 114 valence electrons. The molecule has 4 rings (SSSR count). The Hall–Kier alpha value is -2.44. The van der Waals surface area contributed by atoms with Crippen LogP contribution in [0.3, 0.4) is 0 Å². The number of rotatable bonds is 4. The number of carboxylic acids is 1. The van der Waals surface area contributed by atoms with E-state index in [1.807, 2.05) is 47.2 Å². The van der Waals surface area contributed by atoms with Crippen molar-refractivity contribution in [3.05, 3.63) is 52.9 Å². The molecule has 0 aliphatic rings. The number of carboxylic acid groups (broad SMARTS) is 1. The van der Waals surface area contributed by atoms with Gasteiger partial charge in [0.25, 0.3) is 0 Å². The Bertz CT molecular complexity index is 950. The number of oxazole rings is 1. The number of benzene rings is 1. The first kappa shape index (κ1) is 14.2. The molecule has 0 amide bonds. The highest BCUT2D eigenvalue weighted by Gasteiger charge is 2.18. The molecule has 4 aromatic rings. The van der Waals surface area contributed by atoms with Gasteiger partial charge in [-0.15, -0.1) is 11.3 Å². The molecule has 0 N–H and O–H groups in total. The minimum atomic E-state index is -1.17. The summed E-state index contributed by atoms with van der Waals surface area (Å²) in [7, 11) is 0. The van der Waals surface area contributed by atoms with Crippen LogP contribution in [0.25, 0.3) is 32.2 Å². The lowest BCUT2D eigenvalue weighted by atomic mass is 10.2. The van der Waals surface area contributed by atoms with E-state index in [4.69, 9.17) is 4.42 Å². The molecule has 0 bridgehead atoms. The smallest absolute Gasteiger partial charge is 0.237 e. The first-order chi connectivity index (χ1) is 11.2. The van der Waals surface area contributed by atoms with Crippen molar-refractivity contribution >= 4 is 38.7 Å². The van der Waals surface area contributed by atoms with Crippen molar-refractivity contribution in [2.75, 3.05) is 0 Å². The van der Waals surface area contributed by atoms with Crippen LogP contribution in [-0.4, -0.2) is 11.0 Å². The maximum Gasteiger partial charge on any atom is 0.237 e. The number of hydrogen-bond acceptors (Lipinski definition) is 6. The van der Waals surface area contributed by atoms with Crippen molar-refractivity contribution in [2.24, 2.45) is 0 Å². The van der Waals surface area contributed by atoms with E-state index in [-0.39, 0.29) is 6.42 Å². The zero-order valence-corrected chi connectivity index (χ0v) is 13.4. The molecule has 0 atom stereocenters. The molecule has 3 aromatic heterocycles. The van der Waals surface area contributed by atoms with E-state index in [2.05, 4.69) is 4.98 Å². The van der Waals surface area contributed by atoms with Gasteiger partial charge in [-0.05, 0) is 29.0 Å². The van der Waals surface area contributed by atoms with Crippen LogP contribution in [0.1, 0.15) is 5.69 Å². The third-order valence-corrected chi connectivity index (χ3v) is 5.22. The average Bonchev–Trinajstić information content (AvgIpc) is 3.25. The molecule has 0 fully saturated rings. The Labute approximate surface area is 139 Å². The number of nitrogens with zero attached hydrogens (tertiary/aromatic N) is 1. The highest BCUT2D eigenvalue weighted by atomic mass is 32.1. The monoisotopic (exact) mass is 340 g/mol. The first-order valence-electron chi connectivity index (χ1n) is 6.92. The molecule has 0 saturated carbocycles. The van der Waals surface area contributed by atoms with Gasteiger partial charge in [0, 0.05) is 28.0 Å². The summed E-state index contributed by atoms with van der Waals surface area (Å²) < 4.78 is 7.03. The second-order valence-electron chi connectivity index (χ2n) is 5.00. The number of hydrogen-bond donors (Lipinski definition) is 0. The number of carbonyl (C=O) groups is 1. The minimum Gasteiger partial charge on any atom is -0.550 e. The average molecular weight is 340 g/mol. The summed E-state index contributed by atoms with van der Waals surface area (Å²) in [4.78, 5) is 16.3. The van der Waals surface area contributed by atoms with Crippen LogP contribution in [0.15, 0.2) is 51.6 Å². The van der Waals surface area contributed by atoms with Crippen LogP contribution < -0.4 is 5.11 Å². The predicted octanol–water partition coefficient (Wildman–Crippen LogP) is 3.58. The van der Waals surface area contributed by atoms with Crippen LogP contribution in [0, 0.1) is 0 Å². The van der Waals surface area contributed by atoms with Crippen LogP contribution in [-0.2, 0) is 11.2 Å². The molecule has 0 saturated heterocycles. The van der Waals surface area contributed by atoms with E-state index in [1.54, 1.807) is 11.3 Å². The summed E-state index contributed by atoms with van der Waals surface area (Å²) in [6, 6.07) is 11.9. The van der Waals surface area contributed by atoms with Crippen LogP contribution >= 0.6 is 22.7 Å². The minimum absolute atomic E-state index is 0.264. The van der Waals surface area contributed by atoms with Gasteiger partial charge in [0.1, 0.15) is 0 Å². The van der Waals surface area contributed by atoms with Gasteiger partial charge in [-0.3, -0.25) is 0 Å². The Morgan fingerprint density at radius 2 is 2.13 bits per heavy atom. The molecule has 0 radical (unpaired) electrons. The zero-order valence-electron chi connectivity index (χ0n) is 11.8. The lowest BCUT2D eigenvalue weighted by molar-refractivity contribution is -0.304. The van der Waals surface area contributed by atoms with Crippen molar-refractivity contribution in [1.82, 2.24) is 4.98 Å². The van der Waals surface area contributed by atoms with Crippen LogP contribution in [0.2, 0.25) is 0 Å². The molecular weight excluding hydrogens is 330 g/mol. The second-order valence-corrected chi connectivity index (χ2v) is 6.87. The number of fused-ring (bicyclic) bond motifs is 1. The Morgan fingerprint density at radius 3 is 2.87 bits per heavy atom. The summed E-state index contributed by atoms with van der Waals surface area (Å²) in [5.74, 6) is -0.218. The maximum absolute atomic E-state index is 11.0. The standard InChI is InChI=1S/C17H11NO3S2/c19-15(20)8-12-16(11-5-6-22-9-11)21-17(18-12)14-7-10-3-1-2-4-13(10)23-14/h1-7,9H,8H2,(H,19,20)/p-1. The molecule has 3 heterocycles. The lowest BCUT2D eigenvalue weighted by Gasteiger charge is -1.99. The molecule has 4 nitrogen and oxygen atoms in total. The summed E-state index contributed by atoms with van der Waals surface area (Å²) >= 11 is 3.09. The van der Waals surface area contributed by atoms with Crippen molar-refractivity contribution in [3.63, 3.8) is 0 Å². The van der Waals surface area contributed by atoms with Crippen molar-refractivity contribution in [1.29, 1.82) is 0 Å². The summed E-state index contributed by atoms with van der Waals surface area (Å²) in [5.41, 5.74) is 1.24. The Kier molecular flexibility index (Phi) is 3.48. The van der Waals surface area contributed by atoms with E-state index in [9.17, 15) is 9.90 Å². The fraction of sp³-hybridized carbons (Fsp3) is 0.0588. The third kappa shape index (κ3) is 2.67. The second kappa shape index (κ2) is 5.64. The number of carbonyl (C=O) groups excluding carboxylic acids is 1. The Morgan fingerprint density at radius 1 is 1.26 bits per heavy atom. The highest BCUT2D eigenvalue weighted by Crippen LogP contribution is 2.36. The van der Waals surface area contributed by atoms with Crippen molar-refractivity contribution < 1.29 is 14.3 Å². The molecule has 0 aliphatic heterocycles. The van der Waals surface area contributed by atoms with Gasteiger partial charge in [0.05, 0.1) is 10.6 Å². The fourth-order valence-corrected chi connectivity index (χ4v) is 4.04. The number of aromatic nitrogens is 1. The maximum atomic E-state index is 11.0. The summed E-state index contributed by atoms with van der Waals surface area (Å²) in [5, 5.41) is 15.9. The summed E-state index contributed by atoms with van der Waals surface area (Å²) in [6.45, 7) is 0. The SMILES string of the molecule is O=C([O-])Cc1nc(-c2cc3ccccc3s2)oc1-c1ccsc1. The fourth-order valence-electron chi connectivity index (χ4n) is 2.42. The third-order valence-electron chi connectivity index (χ3n) is 3.43. The van der Waals surface area contributed by atoms with E-state index in [1.165, 1.54) is 11.3 Å². The lowest BCUT2D eigenvalue weighted by Crippen LogP contribution is -2.24. The predicted molar refractivity (Wildman–Crippen MR) is 89.3 cm³/mol. The zero-order chi connectivity index (χ0) is 15.8. The van der Waals surface area contributed by atoms with Crippen molar-refractivity contribution in [2.45, 2.75) is 6.42 Å². The first-order valence-corrected chi connectivity index (χ1v) is 8.68. The van der Waals surface area contributed by atoms with Gasteiger partial charge in [-0.1, -0.05) is 18.2 Å². The van der Waals surface area contributed by atoms with Gasteiger partial charge in [-0.25, -0.2) is 4.98 Å². The molecule has 0 aliphatic carbocycles. The number of aliphatic carboxylic acids is 1. The van der Waals surface area contributed by atoms with Crippen molar-refractivity contribution in [3.8, 4) is 22.1 Å². The van der Waals surface area contributed by atoms with E-state index in [0.717, 1.165) is 20.5 Å². The molecule has 0 spiro atoms. The topological polar surface area (TPSA) is 66.2 Å². The molecule has 0 unspecified atom stereocenters. The van der Waals surface area contributed by atoms with Gasteiger partial charge < -0.3 is 14.3 Å². The van der Waals surface area contributed by atoms with E-state index in [0.29, 0.717) is 17.3 Å². The van der Waals surface area contributed by atoms with Crippen LogP contribution in [0.5, 0.6) is 0 Å². The van der Waals surface area contributed by atoms with Gasteiger partial charge in [-0.2, -0.15) is 11.3 Å². The van der Waals surface area contributed by atoms with Gasteiger partial charge >= 0.3 is 0 Å². The highest BCUT2D eigenvalue weighted by molar-refractivity contribution is 7.22. The van der Waals surface area contributed by atoms with Crippen LogP contribution in [0.4, 0.5) is 0 Å². The van der Waals surface area contributed by atoms with E-state index >= 15 is 0 Å². The summed E-state index contributed by atoms with van der Waals surface area (Å²) in [6.07, 6.45) is -0.264. The van der Waals surface area contributed by atoms with Gasteiger partial charge in [0.15, 0.2) is 5.76 Å². The van der Waals surface area contributed by atoms with E-state index < -0.39 is 5.97 Å². The normalized spacial score (nSPS) is 11.1. The molecular formula is C17H10NO3S2-. The van der Waals surface area contributed by atoms with Gasteiger partial charge in [0.2, 0.25) is 5.89 Å². The number of thiophene rings is 2. The molecule has 23 heavy (non-hydrogen) atoms. The quantitative estimate of drug-likeness (QED) is 0.569. The molecule has 6 heteroatoms. The molecule has 1 aromatic carbocycles. The Balaban J connectivity index is 1.84. The largest absolute Gasteiger partial charge is 0.550 e.